The predicted molar refractivity (Wildman–Crippen MR) is 172 cm³/mol. The predicted octanol–water partition coefficient (Wildman–Crippen LogP) is 5.53. The van der Waals surface area contributed by atoms with E-state index in [1.165, 1.54) is 12.3 Å². The van der Waals surface area contributed by atoms with Crippen LogP contribution in [0.15, 0.2) is 73.0 Å². The number of hydrazine groups is 2. The summed E-state index contributed by atoms with van der Waals surface area (Å²) in [6.45, 7) is 5.47. The van der Waals surface area contributed by atoms with Gasteiger partial charge in [0.1, 0.15) is 11.9 Å². The van der Waals surface area contributed by atoms with Crippen LogP contribution in [0.5, 0.6) is 0 Å². The van der Waals surface area contributed by atoms with Crippen molar-refractivity contribution in [2.75, 3.05) is 36.9 Å². The van der Waals surface area contributed by atoms with E-state index >= 15 is 0 Å². The fourth-order valence-corrected chi connectivity index (χ4v) is 6.40. The zero-order valence-electron chi connectivity index (χ0n) is 24.7. The van der Waals surface area contributed by atoms with Crippen LogP contribution in [0.4, 0.5) is 21.5 Å². The van der Waals surface area contributed by atoms with Crippen LogP contribution in [0.2, 0.25) is 5.02 Å². The van der Waals surface area contributed by atoms with Gasteiger partial charge >= 0.3 is 0 Å². The number of aryl methyl sites for hydroxylation is 1. The highest BCUT2D eigenvalue weighted by atomic mass is 35.5. The summed E-state index contributed by atoms with van der Waals surface area (Å²) in [5.74, 6) is -0.297. The minimum atomic E-state index is -0.297. The molecule has 10 nitrogen and oxygen atoms in total. The van der Waals surface area contributed by atoms with Crippen LogP contribution in [0.1, 0.15) is 35.6 Å². The highest BCUT2D eigenvalue weighted by Crippen LogP contribution is 2.37. The zero-order valence-corrected chi connectivity index (χ0v) is 25.5. The number of benzene rings is 2. The van der Waals surface area contributed by atoms with Crippen LogP contribution < -0.4 is 21.6 Å². The minimum Gasteiger partial charge on any atom is -0.378 e. The van der Waals surface area contributed by atoms with Crippen LogP contribution >= 0.6 is 11.6 Å². The average Bonchev–Trinajstić information content (AvgIpc) is 3.52. The van der Waals surface area contributed by atoms with Crippen LogP contribution in [0.25, 0.3) is 10.9 Å². The molecular formula is C33H33ClFN9O. The van der Waals surface area contributed by atoms with Gasteiger partial charge in [-0.2, -0.15) is 5.26 Å². The number of nitrogens with one attached hydrogen (secondary N) is 4. The number of aromatic nitrogens is 2. The number of anilines is 3. The van der Waals surface area contributed by atoms with Gasteiger partial charge in [-0.1, -0.05) is 17.7 Å². The van der Waals surface area contributed by atoms with Gasteiger partial charge in [-0.15, -0.1) is 5.53 Å². The Hall–Kier alpha value is -4.47. The van der Waals surface area contributed by atoms with E-state index in [4.69, 9.17) is 16.3 Å². The van der Waals surface area contributed by atoms with Gasteiger partial charge in [-0.05, 0) is 67.3 Å². The van der Waals surface area contributed by atoms with Gasteiger partial charge in [0.15, 0.2) is 0 Å². The SMILES string of the molecule is Cc1cc(Nc2c(C#N)cnc3c(Cl)cc(N[C@H](C4=CN(C5CCN(C6COC6)CC5)NN4)c4cccnc4)cc23)ccc1F. The van der Waals surface area contributed by atoms with Crippen molar-refractivity contribution in [3.05, 3.63) is 100 Å². The van der Waals surface area contributed by atoms with Crippen LogP contribution in [-0.4, -0.2) is 58.3 Å². The first-order chi connectivity index (χ1) is 22.0. The molecule has 0 saturated carbocycles. The van der Waals surface area contributed by atoms with E-state index in [9.17, 15) is 9.65 Å². The second kappa shape index (κ2) is 12.5. The third kappa shape index (κ3) is 5.98. The number of nitrogens with zero attached hydrogens (tertiary/aromatic N) is 5. The number of ether oxygens (including phenoxy) is 1. The monoisotopic (exact) mass is 625 g/mol. The van der Waals surface area contributed by atoms with Crippen LogP contribution in [-0.2, 0) is 4.74 Å². The topological polar surface area (TPSA) is 113 Å². The number of hydrogen-bond donors (Lipinski definition) is 4. The van der Waals surface area contributed by atoms with Gasteiger partial charge in [0.2, 0.25) is 0 Å². The summed E-state index contributed by atoms with van der Waals surface area (Å²) in [5, 5.41) is 20.2. The highest BCUT2D eigenvalue weighted by Gasteiger charge is 2.33. The van der Waals surface area contributed by atoms with Crippen molar-refractivity contribution in [1.82, 2.24) is 30.8 Å². The normalized spacial score (nSPS) is 18.2. The van der Waals surface area contributed by atoms with Gasteiger partial charge in [0, 0.05) is 60.7 Å². The maximum absolute atomic E-state index is 14.0. The van der Waals surface area contributed by atoms with Gasteiger partial charge < -0.3 is 20.8 Å². The molecule has 2 fully saturated rings. The molecule has 5 heterocycles. The lowest BCUT2D eigenvalue weighted by atomic mass is 10.0. The molecule has 12 heteroatoms. The third-order valence-electron chi connectivity index (χ3n) is 8.75. The standard InChI is InChI=1S/C33H33ClFN9O/c1-20-11-23(4-5-29(20)35)39-31-22(14-36)16-38-33-27(31)12-24(13-28(33)34)40-32(21-3-2-8-37-15-21)30-17-44(42-41-30)25-6-9-43(10-7-25)26-18-45-19-26/h2-5,8,11-13,15-17,25-26,32,40-42H,6-7,9-10,18-19H2,1H3,(H,38,39)/t32-/m0/s1. The highest BCUT2D eigenvalue weighted by molar-refractivity contribution is 6.36. The summed E-state index contributed by atoms with van der Waals surface area (Å²) in [6.07, 6.45) is 9.31. The van der Waals surface area contributed by atoms with E-state index in [-0.39, 0.29) is 11.9 Å². The molecule has 1 atom stereocenters. The molecule has 230 valence electrons. The molecule has 2 saturated heterocycles. The number of fused-ring (bicyclic) bond motifs is 1. The molecule has 3 aliphatic rings. The van der Waals surface area contributed by atoms with Crippen molar-refractivity contribution >= 4 is 39.6 Å². The summed E-state index contributed by atoms with van der Waals surface area (Å²) in [7, 11) is 0. The van der Waals surface area contributed by atoms with Gasteiger partial charge in [-0.3, -0.25) is 19.9 Å². The van der Waals surface area contributed by atoms with E-state index < -0.39 is 0 Å². The maximum atomic E-state index is 14.0. The molecule has 0 radical (unpaired) electrons. The Balaban J connectivity index is 1.19. The number of piperidine rings is 1. The lowest BCUT2D eigenvalue weighted by molar-refractivity contribution is -0.0760. The van der Waals surface area contributed by atoms with E-state index in [0.29, 0.717) is 50.5 Å². The van der Waals surface area contributed by atoms with Crippen molar-refractivity contribution in [3.8, 4) is 6.07 Å². The summed E-state index contributed by atoms with van der Waals surface area (Å²) < 4.78 is 19.4. The molecule has 2 aromatic heterocycles. The molecule has 3 aliphatic heterocycles. The van der Waals surface area contributed by atoms with E-state index in [1.807, 2.05) is 30.5 Å². The molecule has 2 aromatic carbocycles. The Morgan fingerprint density at radius 3 is 2.67 bits per heavy atom. The van der Waals surface area contributed by atoms with E-state index in [0.717, 1.165) is 56.1 Å². The number of halogens is 2. The molecule has 4 N–H and O–H groups in total. The number of nitriles is 1. The van der Waals surface area contributed by atoms with Gasteiger partial charge in [0.25, 0.3) is 0 Å². The molecule has 0 amide bonds. The second-order valence-corrected chi connectivity index (χ2v) is 12.1. The summed E-state index contributed by atoms with van der Waals surface area (Å²) in [5.41, 5.74) is 11.9. The largest absolute Gasteiger partial charge is 0.378 e. The second-order valence-electron chi connectivity index (χ2n) is 11.7. The van der Waals surface area contributed by atoms with Crippen molar-refractivity contribution in [2.45, 2.75) is 37.9 Å². The van der Waals surface area contributed by atoms with Gasteiger partial charge in [0.05, 0.1) is 52.8 Å². The van der Waals surface area contributed by atoms with E-state index in [1.54, 1.807) is 25.3 Å². The lowest BCUT2D eigenvalue weighted by Gasteiger charge is -2.42. The van der Waals surface area contributed by atoms with Crippen LogP contribution in [0, 0.1) is 24.1 Å². The smallest absolute Gasteiger partial charge is 0.126 e. The fraction of sp³-hybridized carbons (Fsp3) is 0.303. The summed E-state index contributed by atoms with van der Waals surface area (Å²) in [6, 6.07) is 15.3. The quantitative estimate of drug-likeness (QED) is 0.199. The van der Waals surface area contributed by atoms with Crippen molar-refractivity contribution in [2.24, 2.45) is 0 Å². The Kier molecular flexibility index (Phi) is 8.12. The molecule has 0 unspecified atom stereocenters. The Morgan fingerprint density at radius 2 is 1.96 bits per heavy atom. The first-order valence-electron chi connectivity index (χ1n) is 15.0. The Bertz CT molecular complexity index is 1780. The first kappa shape index (κ1) is 29.3. The Morgan fingerprint density at radius 1 is 1.11 bits per heavy atom. The Labute approximate surface area is 265 Å². The molecule has 7 rings (SSSR count). The number of hydrogen-bond acceptors (Lipinski definition) is 10. The van der Waals surface area contributed by atoms with Crippen LogP contribution in [0.3, 0.4) is 0 Å². The molecule has 0 spiro atoms. The molecule has 0 aliphatic carbocycles. The van der Waals surface area contributed by atoms with Crippen molar-refractivity contribution in [3.63, 3.8) is 0 Å². The third-order valence-corrected chi connectivity index (χ3v) is 9.04. The molecule has 0 bridgehead atoms. The number of rotatable bonds is 8. The van der Waals surface area contributed by atoms with E-state index in [2.05, 4.69) is 53.7 Å². The van der Waals surface area contributed by atoms with Crippen molar-refractivity contribution < 1.29 is 9.13 Å². The average molecular weight is 626 g/mol. The number of likely N-dealkylation sites (tertiary alicyclic amines) is 1. The number of pyridine rings is 2. The van der Waals surface area contributed by atoms with Gasteiger partial charge in [-0.25, -0.2) is 4.39 Å². The lowest BCUT2D eigenvalue weighted by Crippen LogP contribution is -2.55. The first-order valence-corrected chi connectivity index (χ1v) is 15.4. The fourth-order valence-electron chi connectivity index (χ4n) is 6.13. The molecule has 45 heavy (non-hydrogen) atoms. The van der Waals surface area contributed by atoms with Crippen molar-refractivity contribution in [1.29, 1.82) is 5.26 Å². The molecule has 4 aromatic rings. The minimum absolute atomic E-state index is 0.291. The zero-order chi connectivity index (χ0) is 30.9. The maximum Gasteiger partial charge on any atom is 0.126 e. The molecular weight excluding hydrogens is 593 g/mol. The summed E-state index contributed by atoms with van der Waals surface area (Å²) >= 11 is 6.80. The summed E-state index contributed by atoms with van der Waals surface area (Å²) in [4.78, 5) is 11.4.